The standard InChI is InChI=1S/C14H22N4O2/c1-10-16-13(17-20-10)8-11-4-6-18(7-5-11)14(19)15-9-12-2-3-12/h11-12H,2-9H2,1H3,(H,15,19). The summed E-state index contributed by atoms with van der Waals surface area (Å²) in [5, 5.41) is 6.97. The number of amides is 2. The van der Waals surface area contributed by atoms with Gasteiger partial charge in [0, 0.05) is 33.0 Å². The molecular weight excluding hydrogens is 256 g/mol. The molecule has 20 heavy (non-hydrogen) atoms. The summed E-state index contributed by atoms with van der Waals surface area (Å²) in [4.78, 5) is 18.1. The van der Waals surface area contributed by atoms with Gasteiger partial charge in [-0.05, 0) is 37.5 Å². The zero-order chi connectivity index (χ0) is 13.9. The molecule has 2 heterocycles. The number of hydrogen-bond acceptors (Lipinski definition) is 4. The molecule has 2 aliphatic rings. The Hall–Kier alpha value is -1.59. The lowest BCUT2D eigenvalue weighted by atomic mass is 9.93. The van der Waals surface area contributed by atoms with Crippen LogP contribution in [0.15, 0.2) is 4.52 Å². The molecule has 1 aliphatic carbocycles. The molecule has 1 aromatic heterocycles. The summed E-state index contributed by atoms with van der Waals surface area (Å²) in [6.45, 7) is 4.32. The highest BCUT2D eigenvalue weighted by molar-refractivity contribution is 5.74. The molecule has 1 N–H and O–H groups in total. The molecule has 0 aromatic carbocycles. The molecule has 1 saturated carbocycles. The van der Waals surface area contributed by atoms with Crippen LogP contribution in [0.4, 0.5) is 4.79 Å². The van der Waals surface area contributed by atoms with Crippen LogP contribution in [-0.4, -0.2) is 40.7 Å². The topological polar surface area (TPSA) is 71.3 Å². The lowest BCUT2D eigenvalue weighted by Crippen LogP contribution is -2.45. The number of nitrogens with zero attached hydrogens (tertiary/aromatic N) is 3. The summed E-state index contributed by atoms with van der Waals surface area (Å²) in [5.41, 5.74) is 0. The second kappa shape index (κ2) is 5.81. The Kier molecular flexibility index (Phi) is 3.89. The monoisotopic (exact) mass is 278 g/mol. The van der Waals surface area contributed by atoms with Crippen LogP contribution < -0.4 is 5.32 Å². The van der Waals surface area contributed by atoms with Crippen LogP contribution in [0.1, 0.15) is 37.4 Å². The molecule has 0 radical (unpaired) electrons. The Morgan fingerprint density at radius 2 is 2.05 bits per heavy atom. The summed E-state index contributed by atoms with van der Waals surface area (Å²) < 4.78 is 4.99. The van der Waals surface area contributed by atoms with E-state index in [9.17, 15) is 4.79 Å². The third kappa shape index (κ3) is 3.49. The minimum absolute atomic E-state index is 0.103. The average molecular weight is 278 g/mol. The Balaban J connectivity index is 1.40. The molecule has 2 amide bonds. The van der Waals surface area contributed by atoms with Gasteiger partial charge in [-0.3, -0.25) is 0 Å². The van der Waals surface area contributed by atoms with Gasteiger partial charge in [0.1, 0.15) is 0 Å². The third-order valence-electron chi connectivity index (χ3n) is 4.18. The lowest BCUT2D eigenvalue weighted by molar-refractivity contribution is 0.169. The van der Waals surface area contributed by atoms with Gasteiger partial charge in [0.05, 0.1) is 0 Å². The van der Waals surface area contributed by atoms with E-state index in [4.69, 9.17) is 4.52 Å². The van der Waals surface area contributed by atoms with Crippen molar-refractivity contribution in [2.24, 2.45) is 11.8 Å². The highest BCUT2D eigenvalue weighted by Crippen LogP contribution is 2.27. The van der Waals surface area contributed by atoms with Crippen molar-refractivity contribution in [3.05, 3.63) is 11.7 Å². The molecule has 0 spiro atoms. The van der Waals surface area contributed by atoms with E-state index in [1.54, 1.807) is 0 Å². The number of nitrogens with one attached hydrogen (secondary N) is 1. The molecule has 0 bridgehead atoms. The first-order valence-electron chi connectivity index (χ1n) is 7.52. The van der Waals surface area contributed by atoms with Gasteiger partial charge in [-0.25, -0.2) is 4.79 Å². The van der Waals surface area contributed by atoms with Crippen molar-refractivity contribution >= 4 is 6.03 Å². The van der Waals surface area contributed by atoms with Crippen LogP contribution in [0, 0.1) is 18.8 Å². The molecule has 2 fully saturated rings. The number of aryl methyl sites for hydroxylation is 1. The fourth-order valence-corrected chi connectivity index (χ4v) is 2.69. The van der Waals surface area contributed by atoms with Crippen LogP contribution in [0.3, 0.4) is 0 Å². The number of carbonyl (C=O) groups excluding carboxylic acids is 1. The molecule has 1 aliphatic heterocycles. The van der Waals surface area contributed by atoms with E-state index >= 15 is 0 Å². The van der Waals surface area contributed by atoms with Crippen LogP contribution in [0.5, 0.6) is 0 Å². The normalized spacial score (nSPS) is 20.1. The van der Waals surface area contributed by atoms with Crippen molar-refractivity contribution in [2.75, 3.05) is 19.6 Å². The Morgan fingerprint density at radius 3 is 2.65 bits per heavy atom. The molecule has 0 unspecified atom stereocenters. The van der Waals surface area contributed by atoms with Gasteiger partial charge in [0.2, 0.25) is 5.89 Å². The van der Waals surface area contributed by atoms with E-state index in [0.717, 1.165) is 50.6 Å². The quantitative estimate of drug-likeness (QED) is 0.911. The van der Waals surface area contributed by atoms with Crippen molar-refractivity contribution in [2.45, 2.75) is 39.0 Å². The first kappa shape index (κ1) is 13.4. The first-order chi connectivity index (χ1) is 9.70. The van der Waals surface area contributed by atoms with E-state index in [2.05, 4.69) is 15.5 Å². The van der Waals surface area contributed by atoms with Crippen LogP contribution >= 0.6 is 0 Å². The second-order valence-corrected chi connectivity index (χ2v) is 5.99. The van der Waals surface area contributed by atoms with Crippen LogP contribution in [0.25, 0.3) is 0 Å². The van der Waals surface area contributed by atoms with E-state index < -0.39 is 0 Å². The Bertz CT molecular complexity index is 461. The molecule has 6 heteroatoms. The summed E-state index contributed by atoms with van der Waals surface area (Å²) in [7, 11) is 0. The average Bonchev–Trinajstić information content (AvgIpc) is 3.20. The van der Waals surface area contributed by atoms with Crippen molar-refractivity contribution in [1.82, 2.24) is 20.4 Å². The predicted molar refractivity (Wildman–Crippen MR) is 73.2 cm³/mol. The third-order valence-corrected chi connectivity index (χ3v) is 4.18. The minimum atomic E-state index is 0.103. The number of likely N-dealkylation sites (tertiary alicyclic amines) is 1. The van der Waals surface area contributed by atoms with Gasteiger partial charge in [-0.15, -0.1) is 0 Å². The lowest BCUT2D eigenvalue weighted by Gasteiger charge is -2.31. The van der Waals surface area contributed by atoms with Crippen molar-refractivity contribution in [3.63, 3.8) is 0 Å². The maximum Gasteiger partial charge on any atom is 0.317 e. The maximum absolute atomic E-state index is 12.0. The summed E-state index contributed by atoms with van der Waals surface area (Å²) in [5.74, 6) is 2.70. The van der Waals surface area contributed by atoms with Gasteiger partial charge in [-0.1, -0.05) is 5.16 Å². The van der Waals surface area contributed by atoms with Crippen molar-refractivity contribution in [3.8, 4) is 0 Å². The SMILES string of the molecule is Cc1nc(CC2CCN(C(=O)NCC3CC3)CC2)no1. The molecule has 1 saturated heterocycles. The number of piperidine rings is 1. The van der Waals surface area contributed by atoms with E-state index in [1.807, 2.05) is 11.8 Å². The van der Waals surface area contributed by atoms with E-state index in [0.29, 0.717) is 11.8 Å². The van der Waals surface area contributed by atoms with Crippen LogP contribution in [-0.2, 0) is 6.42 Å². The Morgan fingerprint density at radius 1 is 1.30 bits per heavy atom. The van der Waals surface area contributed by atoms with Gasteiger partial charge in [0.15, 0.2) is 5.82 Å². The van der Waals surface area contributed by atoms with E-state index in [-0.39, 0.29) is 6.03 Å². The fourth-order valence-electron chi connectivity index (χ4n) is 2.69. The number of carbonyl (C=O) groups is 1. The molecule has 3 rings (SSSR count). The van der Waals surface area contributed by atoms with Crippen LogP contribution in [0.2, 0.25) is 0 Å². The van der Waals surface area contributed by atoms with Gasteiger partial charge >= 0.3 is 6.03 Å². The van der Waals surface area contributed by atoms with E-state index in [1.165, 1.54) is 12.8 Å². The smallest absolute Gasteiger partial charge is 0.317 e. The Labute approximate surface area is 118 Å². The maximum atomic E-state index is 12.0. The van der Waals surface area contributed by atoms with Gasteiger partial charge in [-0.2, -0.15) is 4.98 Å². The number of urea groups is 1. The summed E-state index contributed by atoms with van der Waals surface area (Å²) in [6, 6.07) is 0.103. The molecule has 6 nitrogen and oxygen atoms in total. The first-order valence-corrected chi connectivity index (χ1v) is 7.52. The van der Waals surface area contributed by atoms with Gasteiger partial charge < -0.3 is 14.7 Å². The predicted octanol–water partition coefficient (Wildman–Crippen LogP) is 1.75. The fraction of sp³-hybridized carbons (Fsp3) is 0.786. The zero-order valence-corrected chi connectivity index (χ0v) is 12.0. The highest BCUT2D eigenvalue weighted by atomic mass is 16.5. The number of rotatable bonds is 4. The second-order valence-electron chi connectivity index (χ2n) is 5.99. The summed E-state index contributed by atoms with van der Waals surface area (Å²) >= 11 is 0. The minimum Gasteiger partial charge on any atom is -0.340 e. The van der Waals surface area contributed by atoms with Gasteiger partial charge in [0.25, 0.3) is 0 Å². The molecule has 1 aromatic rings. The largest absolute Gasteiger partial charge is 0.340 e. The van der Waals surface area contributed by atoms with Crippen molar-refractivity contribution < 1.29 is 9.32 Å². The molecular formula is C14H22N4O2. The van der Waals surface area contributed by atoms with Crippen molar-refractivity contribution in [1.29, 1.82) is 0 Å². The molecule has 0 atom stereocenters. The molecule has 110 valence electrons. The number of hydrogen-bond donors (Lipinski definition) is 1. The highest BCUT2D eigenvalue weighted by Gasteiger charge is 2.26. The summed E-state index contributed by atoms with van der Waals surface area (Å²) in [6.07, 6.45) is 5.43. The number of aromatic nitrogens is 2. The zero-order valence-electron chi connectivity index (χ0n) is 12.0.